The smallest absolute Gasteiger partial charge is 0.245 e. The molecule has 0 radical (unpaired) electrons. The van der Waals surface area contributed by atoms with Crippen LogP contribution >= 0.6 is 11.3 Å². The molecule has 4 N–H and O–H groups in total. The van der Waals surface area contributed by atoms with E-state index in [1.54, 1.807) is 16.8 Å². The Balaban J connectivity index is 1.59. The molecule has 4 amide bonds. The first-order valence-electron chi connectivity index (χ1n) is 12.8. The van der Waals surface area contributed by atoms with Crippen molar-refractivity contribution in [1.82, 2.24) is 25.8 Å². The number of thiazole rings is 1. The number of aryl methyl sites for hydroxylation is 1. The Kier molecular flexibility index (Phi) is 9.98. The summed E-state index contributed by atoms with van der Waals surface area (Å²) in [6.45, 7) is 8.97. The Morgan fingerprint density at radius 3 is 2.39 bits per heavy atom. The lowest BCUT2D eigenvalue weighted by molar-refractivity contribution is -0.141. The molecule has 1 aliphatic heterocycles. The summed E-state index contributed by atoms with van der Waals surface area (Å²) in [6, 6.07) is 5.27. The van der Waals surface area contributed by atoms with E-state index in [0.29, 0.717) is 6.42 Å². The summed E-state index contributed by atoms with van der Waals surface area (Å²) >= 11 is 1.57. The Hall–Kier alpha value is -3.31. The van der Waals surface area contributed by atoms with Crippen LogP contribution in [0, 0.1) is 12.8 Å². The molecule has 1 saturated heterocycles. The van der Waals surface area contributed by atoms with Gasteiger partial charge in [-0.05, 0) is 37.3 Å². The van der Waals surface area contributed by atoms with Crippen LogP contribution in [0.5, 0.6) is 0 Å². The van der Waals surface area contributed by atoms with Gasteiger partial charge in [0.1, 0.15) is 18.1 Å². The molecule has 4 atom stereocenters. The van der Waals surface area contributed by atoms with Gasteiger partial charge >= 0.3 is 0 Å². The Morgan fingerprint density at radius 1 is 1.13 bits per heavy atom. The number of aromatic nitrogens is 1. The van der Waals surface area contributed by atoms with Crippen molar-refractivity contribution in [2.24, 2.45) is 5.92 Å². The topological polar surface area (TPSA) is 141 Å². The quantitative estimate of drug-likeness (QED) is 0.360. The Morgan fingerprint density at radius 2 is 1.82 bits per heavy atom. The van der Waals surface area contributed by atoms with Crippen molar-refractivity contribution in [3.8, 4) is 10.4 Å². The second-order valence-electron chi connectivity index (χ2n) is 10.2. The van der Waals surface area contributed by atoms with Crippen LogP contribution in [0.1, 0.15) is 51.8 Å². The standard InChI is InChI=1S/C27H37N5O5S/c1-15(2)10-22(31-18(5)33)25(35)30-17(4)27(37)32-13-21(34)11-23(32)26(36)28-12-19-6-8-20(9-7-19)24-16(3)29-14-38-24/h6-9,14-15,17,21-23,34H,10-13H2,1-5H3,(H,28,36)(H,30,35)(H,31,33)/t17?,21-,22?,23+/m1/s1. The highest BCUT2D eigenvalue weighted by atomic mass is 32.1. The van der Waals surface area contributed by atoms with Crippen LogP contribution in [0.25, 0.3) is 10.4 Å². The number of aliphatic hydroxyl groups is 1. The number of hydrogen-bond donors (Lipinski definition) is 4. The fourth-order valence-electron chi connectivity index (χ4n) is 4.54. The normalized spacial score (nSPS) is 18.7. The molecule has 0 bridgehead atoms. The van der Waals surface area contributed by atoms with Gasteiger partial charge in [-0.3, -0.25) is 19.2 Å². The van der Waals surface area contributed by atoms with E-state index in [2.05, 4.69) is 20.9 Å². The van der Waals surface area contributed by atoms with Crippen molar-refractivity contribution < 1.29 is 24.3 Å². The SMILES string of the molecule is CC(=O)NC(CC(C)C)C(=O)NC(C)C(=O)N1C[C@H](O)C[C@H]1C(=O)NCc1ccc(-c2scnc2C)cc1. The van der Waals surface area contributed by atoms with Crippen LogP contribution < -0.4 is 16.0 Å². The number of rotatable bonds is 10. The summed E-state index contributed by atoms with van der Waals surface area (Å²) in [4.78, 5) is 57.2. The molecule has 1 aromatic heterocycles. The Bertz CT molecular complexity index is 1150. The van der Waals surface area contributed by atoms with Gasteiger partial charge in [0.2, 0.25) is 23.6 Å². The zero-order chi connectivity index (χ0) is 28.0. The molecular weight excluding hydrogens is 506 g/mol. The largest absolute Gasteiger partial charge is 0.391 e. The Labute approximate surface area is 227 Å². The molecular formula is C27H37N5O5S. The maximum absolute atomic E-state index is 13.2. The van der Waals surface area contributed by atoms with Crippen LogP contribution in [0.3, 0.4) is 0 Å². The van der Waals surface area contributed by atoms with E-state index in [4.69, 9.17) is 0 Å². The number of carbonyl (C=O) groups is 4. The highest BCUT2D eigenvalue weighted by molar-refractivity contribution is 7.13. The van der Waals surface area contributed by atoms with Gasteiger partial charge in [0.25, 0.3) is 0 Å². The van der Waals surface area contributed by atoms with Crippen molar-refractivity contribution in [3.63, 3.8) is 0 Å². The first-order valence-corrected chi connectivity index (χ1v) is 13.7. The number of nitrogens with one attached hydrogen (secondary N) is 3. The molecule has 1 aromatic carbocycles. The minimum Gasteiger partial charge on any atom is -0.391 e. The zero-order valence-electron chi connectivity index (χ0n) is 22.5. The predicted molar refractivity (Wildman–Crippen MR) is 145 cm³/mol. The van der Waals surface area contributed by atoms with E-state index in [1.807, 2.05) is 45.0 Å². The van der Waals surface area contributed by atoms with Gasteiger partial charge in [-0.2, -0.15) is 0 Å². The minimum atomic E-state index is -0.936. The molecule has 1 aliphatic rings. The van der Waals surface area contributed by atoms with Gasteiger partial charge in [0.05, 0.1) is 22.2 Å². The van der Waals surface area contributed by atoms with Crippen molar-refractivity contribution in [2.75, 3.05) is 6.54 Å². The molecule has 0 saturated carbocycles. The van der Waals surface area contributed by atoms with Crippen molar-refractivity contribution in [3.05, 3.63) is 41.0 Å². The highest BCUT2D eigenvalue weighted by Crippen LogP contribution is 2.27. The second-order valence-corrected chi connectivity index (χ2v) is 11.0. The number of carbonyl (C=O) groups excluding carboxylic acids is 4. The molecule has 10 nitrogen and oxygen atoms in total. The third kappa shape index (κ3) is 7.61. The summed E-state index contributed by atoms with van der Waals surface area (Å²) in [5.74, 6) is -1.49. The average molecular weight is 544 g/mol. The first kappa shape index (κ1) is 29.2. The monoisotopic (exact) mass is 543 g/mol. The molecule has 2 unspecified atom stereocenters. The lowest BCUT2D eigenvalue weighted by Crippen LogP contribution is -2.55. The molecule has 38 heavy (non-hydrogen) atoms. The van der Waals surface area contributed by atoms with Gasteiger partial charge in [-0.15, -0.1) is 11.3 Å². The van der Waals surface area contributed by atoms with Gasteiger partial charge < -0.3 is 26.0 Å². The summed E-state index contributed by atoms with van der Waals surface area (Å²) < 4.78 is 0. The molecule has 0 aliphatic carbocycles. The number of hydrogen-bond acceptors (Lipinski definition) is 7. The number of benzene rings is 1. The third-order valence-electron chi connectivity index (χ3n) is 6.42. The molecule has 2 heterocycles. The second kappa shape index (κ2) is 13.0. The van der Waals surface area contributed by atoms with E-state index in [0.717, 1.165) is 21.7 Å². The zero-order valence-corrected chi connectivity index (χ0v) is 23.3. The lowest BCUT2D eigenvalue weighted by atomic mass is 10.0. The average Bonchev–Trinajstić information content (AvgIpc) is 3.46. The minimum absolute atomic E-state index is 0.00114. The molecule has 3 rings (SSSR count). The van der Waals surface area contributed by atoms with E-state index in [1.165, 1.54) is 18.7 Å². The predicted octanol–water partition coefficient (Wildman–Crippen LogP) is 1.75. The van der Waals surface area contributed by atoms with Gasteiger partial charge in [0.15, 0.2) is 0 Å². The third-order valence-corrected chi connectivity index (χ3v) is 7.40. The fourth-order valence-corrected chi connectivity index (χ4v) is 5.35. The van der Waals surface area contributed by atoms with Crippen LogP contribution in [0.4, 0.5) is 0 Å². The molecule has 1 fully saturated rings. The molecule has 0 spiro atoms. The van der Waals surface area contributed by atoms with Crippen LogP contribution in [0.2, 0.25) is 0 Å². The maximum Gasteiger partial charge on any atom is 0.245 e. The molecule has 2 aromatic rings. The summed E-state index contributed by atoms with van der Waals surface area (Å²) in [7, 11) is 0. The van der Waals surface area contributed by atoms with Crippen molar-refractivity contribution in [2.45, 2.75) is 78.2 Å². The molecule has 206 valence electrons. The van der Waals surface area contributed by atoms with Gasteiger partial charge in [0, 0.05) is 26.4 Å². The van der Waals surface area contributed by atoms with Crippen molar-refractivity contribution in [1.29, 1.82) is 0 Å². The van der Waals surface area contributed by atoms with E-state index < -0.39 is 36.0 Å². The van der Waals surface area contributed by atoms with Crippen LogP contribution in [-0.2, 0) is 25.7 Å². The van der Waals surface area contributed by atoms with Gasteiger partial charge in [-0.25, -0.2) is 4.98 Å². The summed E-state index contributed by atoms with van der Waals surface area (Å²) in [5, 5.41) is 18.4. The van der Waals surface area contributed by atoms with E-state index >= 15 is 0 Å². The lowest BCUT2D eigenvalue weighted by Gasteiger charge is -2.28. The summed E-state index contributed by atoms with van der Waals surface area (Å²) in [5.41, 5.74) is 4.73. The number of amides is 4. The van der Waals surface area contributed by atoms with Crippen molar-refractivity contribution >= 4 is 35.0 Å². The number of likely N-dealkylation sites (tertiary alicyclic amines) is 1. The van der Waals surface area contributed by atoms with E-state index in [9.17, 15) is 24.3 Å². The number of β-amino-alcohol motifs (C(OH)–C–C–N with tert-alkyl or cyclic N) is 1. The summed E-state index contributed by atoms with van der Waals surface area (Å²) in [6.07, 6.45) is -0.304. The van der Waals surface area contributed by atoms with Crippen LogP contribution in [0.15, 0.2) is 29.8 Å². The van der Waals surface area contributed by atoms with E-state index in [-0.39, 0.29) is 37.2 Å². The fraction of sp³-hybridized carbons (Fsp3) is 0.519. The van der Waals surface area contributed by atoms with Gasteiger partial charge in [-0.1, -0.05) is 38.1 Å². The first-order chi connectivity index (χ1) is 18.0. The number of nitrogens with zero attached hydrogens (tertiary/aromatic N) is 2. The number of aliphatic hydroxyl groups excluding tert-OH is 1. The van der Waals surface area contributed by atoms with Crippen LogP contribution in [-0.4, -0.2) is 69.4 Å². The highest BCUT2D eigenvalue weighted by Gasteiger charge is 2.40. The maximum atomic E-state index is 13.2. The molecule has 11 heteroatoms.